The van der Waals surface area contributed by atoms with Crippen LogP contribution in [0.1, 0.15) is 245 Å². The molecule has 0 spiro atoms. The minimum Gasteiger partial charge on any atom is -0.428 e. The zero-order chi connectivity index (χ0) is 61.6. The highest BCUT2D eigenvalue weighted by Crippen LogP contribution is 2.47. The number of hydrogen-bond donors (Lipinski definition) is 0. The Morgan fingerprint density at radius 2 is 0.662 bits per heavy atom. The molecule has 0 radical (unpaired) electrons. The van der Waals surface area contributed by atoms with Crippen molar-refractivity contribution in [3.63, 3.8) is 0 Å². The molecule has 0 fully saturated rings. The van der Waals surface area contributed by atoms with Gasteiger partial charge in [-0.15, -0.1) is 0 Å². The summed E-state index contributed by atoms with van der Waals surface area (Å²) in [6.07, 6.45) is -1.21. The monoisotopic (exact) mass is 1100 g/mol. The first-order chi connectivity index (χ1) is 35.8. The first-order valence-corrected chi connectivity index (χ1v) is 28.6. The van der Waals surface area contributed by atoms with E-state index in [9.17, 15) is 9.59 Å². The molecule has 80 heavy (non-hydrogen) atoms. The van der Waals surface area contributed by atoms with Gasteiger partial charge in [-0.25, -0.2) is 9.59 Å². The van der Waals surface area contributed by atoms with E-state index in [2.05, 4.69) is 69.2 Å². The number of ether oxygens (including phenoxy) is 6. The van der Waals surface area contributed by atoms with Crippen molar-refractivity contribution in [2.75, 3.05) is 0 Å². The van der Waals surface area contributed by atoms with Gasteiger partial charge in [0.25, 0.3) is 0 Å². The van der Waals surface area contributed by atoms with E-state index in [-0.39, 0.29) is 46.0 Å². The number of carbonyl (C=O) groups is 4. The highest BCUT2D eigenvalue weighted by Gasteiger charge is 2.51. The number of rotatable bonds is 13. The summed E-state index contributed by atoms with van der Waals surface area (Å²) >= 11 is 0. The fourth-order valence-electron chi connectivity index (χ4n) is 10.1. The fraction of sp³-hybridized carbons (Fsp3) is 0.600. The summed E-state index contributed by atoms with van der Waals surface area (Å²) in [6, 6.07) is 22.7. The smallest absolute Gasteiger partial charge is 0.428 e. The molecule has 0 saturated heterocycles. The largest absolute Gasteiger partial charge is 0.514 e. The van der Waals surface area contributed by atoms with E-state index in [4.69, 9.17) is 28.4 Å². The van der Waals surface area contributed by atoms with Crippen LogP contribution in [0.3, 0.4) is 0 Å². The van der Waals surface area contributed by atoms with Crippen LogP contribution >= 0.6 is 0 Å². The lowest BCUT2D eigenvalue weighted by atomic mass is 9.65. The predicted octanol–water partition coefficient (Wildman–Crippen LogP) is 18.5. The Labute approximate surface area is 483 Å². The maximum atomic E-state index is 16.2. The van der Waals surface area contributed by atoms with Crippen molar-refractivity contribution < 1.29 is 47.6 Å². The van der Waals surface area contributed by atoms with Gasteiger partial charge in [-0.1, -0.05) is 201 Å². The van der Waals surface area contributed by atoms with Gasteiger partial charge in [-0.3, -0.25) is 9.59 Å². The average Bonchev–Trinajstić information content (AvgIpc) is 3.23. The van der Waals surface area contributed by atoms with Gasteiger partial charge in [-0.05, 0) is 151 Å². The molecule has 0 N–H and O–H groups in total. The van der Waals surface area contributed by atoms with Crippen molar-refractivity contribution in [2.24, 2.45) is 16.2 Å². The first kappa shape index (κ1) is 66.9. The van der Waals surface area contributed by atoms with Crippen molar-refractivity contribution in [1.82, 2.24) is 0 Å². The summed E-state index contributed by atoms with van der Waals surface area (Å²) in [7, 11) is 0. The molecule has 0 unspecified atom stereocenters. The third kappa shape index (κ3) is 17.4. The lowest BCUT2D eigenvalue weighted by molar-refractivity contribution is -0.161. The Bertz CT molecular complexity index is 2670. The summed E-state index contributed by atoms with van der Waals surface area (Å²) < 4.78 is 37.0. The van der Waals surface area contributed by atoms with Crippen LogP contribution in [0.4, 0.5) is 9.59 Å². The van der Waals surface area contributed by atoms with E-state index < -0.39 is 62.5 Å². The van der Waals surface area contributed by atoms with Gasteiger partial charge >= 0.3 is 24.2 Å². The average molecular weight is 1100 g/mol. The van der Waals surface area contributed by atoms with Gasteiger partial charge in [0.05, 0.1) is 0 Å². The van der Waals surface area contributed by atoms with Gasteiger partial charge in [0.1, 0.15) is 34.2 Å². The highest BCUT2D eigenvalue weighted by molar-refractivity contribution is 6.02. The Hall–Kier alpha value is -5.64. The van der Waals surface area contributed by atoms with Crippen LogP contribution < -0.4 is 18.9 Å². The maximum Gasteiger partial charge on any atom is 0.514 e. The van der Waals surface area contributed by atoms with E-state index >= 15 is 9.59 Å². The molecule has 0 saturated carbocycles. The summed E-state index contributed by atoms with van der Waals surface area (Å²) in [6.45, 7) is 57.0. The third-order valence-electron chi connectivity index (χ3n) is 15.0. The third-order valence-corrected chi connectivity index (χ3v) is 15.0. The first-order valence-electron chi connectivity index (χ1n) is 28.6. The summed E-state index contributed by atoms with van der Waals surface area (Å²) in [5.41, 5.74) is -0.764. The molecule has 10 heteroatoms. The Balaban J connectivity index is 2.21. The van der Waals surface area contributed by atoms with Crippen LogP contribution in [0.5, 0.6) is 23.0 Å². The Kier molecular flexibility index (Phi) is 19.2. The molecule has 0 atom stereocenters. The standard InChI is InChI=1S/C70H102O10/c1-60(2,3)43-68(25,26)46-29-33-48(34-30-46)75-56(71)70(57(72)76-49-35-31-47(32-36-49)69(27,28)65(16,17)18,41-44-37-50(61(4,5)6)54(51(38-44)62(7,8)9)77-58(73)79-66(19,20)21)42-45-39-52(63(10,11)12)55(53(40-45)64(13,14)15)78-59(74)80-67(22,23)24/h29-40H,41-43H2,1-28H3. The van der Waals surface area contributed by atoms with Crippen molar-refractivity contribution in [3.8, 4) is 23.0 Å². The van der Waals surface area contributed by atoms with Crippen LogP contribution in [0.2, 0.25) is 0 Å². The molecule has 0 amide bonds. The normalized spacial score (nSPS) is 13.6. The number of carbonyl (C=O) groups excluding carboxylic acids is 4. The molecule has 4 rings (SSSR count). The minimum atomic E-state index is -2.11. The van der Waals surface area contributed by atoms with Gasteiger partial charge < -0.3 is 28.4 Å². The van der Waals surface area contributed by atoms with E-state index in [1.807, 2.05) is 132 Å². The van der Waals surface area contributed by atoms with E-state index in [1.165, 1.54) is 0 Å². The summed E-state index contributed by atoms with van der Waals surface area (Å²) in [5, 5.41) is 0. The van der Waals surface area contributed by atoms with Crippen molar-refractivity contribution >= 4 is 24.2 Å². The Morgan fingerprint density at radius 3 is 0.912 bits per heavy atom. The number of esters is 2. The van der Waals surface area contributed by atoms with Gasteiger partial charge in [0.15, 0.2) is 5.41 Å². The quantitative estimate of drug-likeness (QED) is 0.0553. The zero-order valence-corrected chi connectivity index (χ0v) is 54.6. The fourth-order valence-corrected chi connectivity index (χ4v) is 10.1. The molecule has 0 aliphatic carbocycles. The second kappa shape index (κ2) is 23.0. The van der Waals surface area contributed by atoms with E-state index in [0.717, 1.165) is 17.5 Å². The second-order valence-corrected chi connectivity index (χ2v) is 31.9. The maximum absolute atomic E-state index is 16.2. The lowest BCUT2D eigenvalue weighted by Crippen LogP contribution is -2.48. The Morgan fingerprint density at radius 1 is 0.375 bits per heavy atom. The minimum absolute atomic E-state index is 0.0528. The molecule has 0 aliphatic heterocycles. The molecule has 4 aromatic carbocycles. The molecule has 0 aromatic heterocycles. The van der Waals surface area contributed by atoms with E-state index in [0.29, 0.717) is 44.9 Å². The van der Waals surface area contributed by atoms with Crippen molar-refractivity contribution in [1.29, 1.82) is 0 Å². The predicted molar refractivity (Wildman–Crippen MR) is 325 cm³/mol. The van der Waals surface area contributed by atoms with Crippen LogP contribution in [0, 0.1) is 16.2 Å². The zero-order valence-electron chi connectivity index (χ0n) is 54.6. The van der Waals surface area contributed by atoms with Crippen molar-refractivity contribution in [2.45, 2.75) is 257 Å². The highest BCUT2D eigenvalue weighted by atomic mass is 16.7. The molecular weight excluding hydrogens is 1000 g/mol. The molecule has 4 aromatic rings. The molecule has 0 bridgehead atoms. The molecule has 0 aliphatic rings. The summed E-state index contributed by atoms with van der Waals surface area (Å²) in [4.78, 5) is 59.6. The summed E-state index contributed by atoms with van der Waals surface area (Å²) in [5.74, 6) is -0.462. The number of benzene rings is 4. The van der Waals surface area contributed by atoms with E-state index in [1.54, 1.807) is 65.8 Å². The molecule has 0 heterocycles. The van der Waals surface area contributed by atoms with Crippen LogP contribution in [-0.4, -0.2) is 35.5 Å². The topological polar surface area (TPSA) is 124 Å². The van der Waals surface area contributed by atoms with Crippen LogP contribution in [0.15, 0.2) is 72.8 Å². The van der Waals surface area contributed by atoms with Crippen LogP contribution in [-0.2, 0) is 64.4 Å². The molecular formula is C70H102O10. The van der Waals surface area contributed by atoms with Gasteiger partial charge in [-0.2, -0.15) is 0 Å². The molecule has 442 valence electrons. The number of hydrogen-bond acceptors (Lipinski definition) is 10. The second-order valence-electron chi connectivity index (χ2n) is 31.9. The molecule has 10 nitrogen and oxygen atoms in total. The lowest BCUT2D eigenvalue weighted by Gasteiger charge is -2.39. The SMILES string of the molecule is CC(C)(C)CC(C)(C)c1ccc(OC(=O)C(Cc2cc(C(C)(C)C)c(OC(=O)OC(C)(C)C)c(C(C)(C)C)c2)(Cc2cc(C(C)(C)C)c(OC(=O)OC(C)(C)C)c(C(C)(C)C)c2)C(=O)Oc2ccc(C(C)(C)C(C)(C)C)cc2)cc1. The van der Waals surface area contributed by atoms with Crippen molar-refractivity contribution in [3.05, 3.63) is 117 Å². The van der Waals surface area contributed by atoms with Gasteiger partial charge in [0.2, 0.25) is 0 Å². The van der Waals surface area contributed by atoms with Crippen LogP contribution in [0.25, 0.3) is 0 Å². The van der Waals surface area contributed by atoms with Gasteiger partial charge in [0, 0.05) is 22.3 Å².